The van der Waals surface area contributed by atoms with Crippen molar-refractivity contribution in [2.24, 2.45) is 16.7 Å². The number of aliphatic hydroxyl groups is 1. The summed E-state index contributed by atoms with van der Waals surface area (Å²) in [5.41, 5.74) is 3.96. The van der Waals surface area contributed by atoms with Crippen molar-refractivity contribution in [1.29, 1.82) is 0 Å². The lowest BCUT2D eigenvalue weighted by Crippen LogP contribution is -2.60. The quantitative estimate of drug-likeness (QED) is 0.144. The van der Waals surface area contributed by atoms with Crippen LogP contribution in [-0.2, 0) is 27.3 Å². The van der Waals surface area contributed by atoms with Crippen LogP contribution in [0.25, 0.3) is 0 Å². The largest absolute Gasteiger partial charge is 0.453 e. The van der Waals surface area contributed by atoms with Gasteiger partial charge in [0.25, 0.3) is 5.91 Å². The van der Waals surface area contributed by atoms with Crippen LogP contribution in [0.5, 0.6) is 0 Å². The number of thiazole rings is 1. The van der Waals surface area contributed by atoms with Gasteiger partial charge in [-0.15, -0.1) is 11.3 Å². The molecule has 2 heterocycles. The molecule has 13 nitrogen and oxygen atoms in total. The summed E-state index contributed by atoms with van der Waals surface area (Å²) in [6.07, 6.45) is -0.184. The molecule has 5 unspecified atom stereocenters. The van der Waals surface area contributed by atoms with Gasteiger partial charge in [-0.2, -0.15) is 0 Å². The summed E-state index contributed by atoms with van der Waals surface area (Å²) in [6, 6.07) is 6.94. The molecule has 1 saturated heterocycles. The molecule has 1 fully saturated rings. The summed E-state index contributed by atoms with van der Waals surface area (Å²) in [4.78, 5) is 62.3. The minimum atomic E-state index is -1.13. The van der Waals surface area contributed by atoms with Crippen molar-refractivity contribution < 1.29 is 29.0 Å². The molecule has 0 radical (unpaired) electrons. The summed E-state index contributed by atoms with van der Waals surface area (Å²) >= 11 is 1.59. The van der Waals surface area contributed by atoms with Gasteiger partial charge in [0.1, 0.15) is 12.1 Å². The number of ether oxygens (including phenoxy) is 1. The van der Waals surface area contributed by atoms with Gasteiger partial charge in [-0.25, -0.2) is 19.6 Å². The van der Waals surface area contributed by atoms with Crippen LogP contribution in [0.1, 0.15) is 104 Å². The standard InChI is InChI=1S/C40H65N7O6S/c1-12-27(4)32(47-21-20-45(38(47)52)23-29-25-54-36(41-29)26(2)3)34(49)42-30(22-28-16-14-13-15-17-28)31(48)24-46(19-18-39(5,6)7)44-35(50)33(40(8,9)10)43-37(51)53-11/h13-17,25-27,30-33,48H,12,18-24H2,1-11H3,(H,42,49)(H,43,51)(H,44,50). The molecule has 14 heteroatoms. The zero-order valence-electron chi connectivity index (χ0n) is 34.3. The molecule has 0 spiro atoms. The molecule has 3 rings (SSSR count). The minimum absolute atomic E-state index is 0.00882. The van der Waals surface area contributed by atoms with Crippen molar-refractivity contribution in [3.63, 3.8) is 0 Å². The van der Waals surface area contributed by atoms with E-state index in [9.17, 15) is 24.3 Å². The third kappa shape index (κ3) is 13.2. The van der Waals surface area contributed by atoms with Crippen LogP contribution in [0, 0.1) is 16.7 Å². The number of rotatable bonds is 18. The number of amides is 5. The molecular weight excluding hydrogens is 707 g/mol. The van der Waals surface area contributed by atoms with Crippen LogP contribution in [0.15, 0.2) is 35.7 Å². The van der Waals surface area contributed by atoms with Crippen LogP contribution in [0.4, 0.5) is 9.59 Å². The molecule has 0 saturated carbocycles. The molecule has 1 aliphatic rings. The molecule has 5 amide bonds. The van der Waals surface area contributed by atoms with E-state index in [1.54, 1.807) is 26.1 Å². The lowest BCUT2D eigenvalue weighted by molar-refractivity contribution is -0.132. The molecule has 1 aromatic heterocycles. The molecule has 54 heavy (non-hydrogen) atoms. The molecular formula is C40H65N7O6S. The van der Waals surface area contributed by atoms with Gasteiger partial charge in [-0.1, -0.05) is 106 Å². The number of aliphatic hydroxyl groups excluding tert-OH is 1. The van der Waals surface area contributed by atoms with Crippen LogP contribution in [0.3, 0.4) is 0 Å². The molecule has 2 aromatic rings. The minimum Gasteiger partial charge on any atom is -0.453 e. The second-order valence-corrected chi connectivity index (χ2v) is 18.0. The molecule has 1 aromatic carbocycles. The number of aromatic nitrogens is 1. The number of nitrogens with one attached hydrogen (secondary N) is 3. The molecule has 0 bridgehead atoms. The first kappa shape index (κ1) is 44.6. The normalized spacial score (nSPS) is 16.6. The lowest BCUT2D eigenvalue weighted by Gasteiger charge is -2.36. The van der Waals surface area contributed by atoms with Crippen LogP contribution < -0.4 is 16.1 Å². The highest BCUT2D eigenvalue weighted by Gasteiger charge is 2.41. The maximum Gasteiger partial charge on any atom is 0.407 e. The number of nitrogens with zero attached hydrogens (tertiary/aromatic N) is 4. The maximum absolute atomic E-state index is 14.4. The SMILES string of the molecule is CCC(C)C(C(=O)NC(Cc1ccccc1)C(O)CN(CCC(C)(C)C)NC(=O)C(NC(=O)OC)C(C)(C)C)N1CCN(Cc2csc(C(C)C)n2)C1=O. The smallest absolute Gasteiger partial charge is 0.407 e. The number of benzene rings is 1. The number of carbonyl (C=O) groups excluding carboxylic acids is 4. The highest BCUT2D eigenvalue weighted by Crippen LogP contribution is 2.26. The highest BCUT2D eigenvalue weighted by atomic mass is 32.1. The van der Waals surface area contributed by atoms with E-state index in [1.165, 1.54) is 7.11 Å². The zero-order chi connectivity index (χ0) is 40.4. The predicted octanol–water partition coefficient (Wildman–Crippen LogP) is 5.55. The summed E-state index contributed by atoms with van der Waals surface area (Å²) < 4.78 is 4.79. The Bertz CT molecular complexity index is 1520. The summed E-state index contributed by atoms with van der Waals surface area (Å²) in [5.74, 6) is -0.646. The van der Waals surface area contributed by atoms with Crippen LogP contribution in [0.2, 0.25) is 0 Å². The number of methoxy groups -OCH3 is 1. The Kier molecular flexibility index (Phi) is 16.3. The van der Waals surface area contributed by atoms with Gasteiger partial charge in [0.05, 0.1) is 36.5 Å². The Balaban J connectivity index is 1.87. The van der Waals surface area contributed by atoms with Gasteiger partial charge in [-0.3, -0.25) is 15.0 Å². The molecule has 5 atom stereocenters. The van der Waals surface area contributed by atoms with Gasteiger partial charge in [0.2, 0.25) is 5.91 Å². The average Bonchev–Trinajstić information content (AvgIpc) is 3.72. The Labute approximate surface area is 326 Å². The van der Waals surface area contributed by atoms with E-state index in [0.717, 1.165) is 16.3 Å². The monoisotopic (exact) mass is 771 g/mol. The van der Waals surface area contributed by atoms with Crippen molar-refractivity contribution in [2.75, 3.05) is 33.3 Å². The number of hydrazine groups is 1. The van der Waals surface area contributed by atoms with Gasteiger partial charge in [-0.05, 0) is 35.2 Å². The van der Waals surface area contributed by atoms with Crippen molar-refractivity contribution in [1.82, 2.24) is 35.9 Å². The molecule has 1 aliphatic heterocycles. The van der Waals surface area contributed by atoms with Crippen molar-refractivity contribution >= 4 is 35.3 Å². The van der Waals surface area contributed by atoms with Crippen LogP contribution in [-0.4, -0.2) is 106 Å². The van der Waals surface area contributed by atoms with E-state index >= 15 is 0 Å². The maximum atomic E-state index is 14.4. The third-order valence-corrected chi connectivity index (χ3v) is 11.0. The number of hydrogen-bond donors (Lipinski definition) is 4. The van der Waals surface area contributed by atoms with E-state index in [-0.39, 0.29) is 29.8 Å². The third-order valence-electron chi connectivity index (χ3n) is 9.80. The first-order valence-corrected chi connectivity index (χ1v) is 20.0. The molecule has 4 N–H and O–H groups in total. The highest BCUT2D eigenvalue weighted by molar-refractivity contribution is 7.09. The fraction of sp³-hybridized carbons (Fsp3) is 0.675. The summed E-state index contributed by atoms with van der Waals surface area (Å²) in [6.45, 7) is 21.6. The van der Waals surface area contributed by atoms with Gasteiger partial charge in [0.15, 0.2) is 0 Å². The Morgan fingerprint density at radius 2 is 1.69 bits per heavy atom. The Morgan fingerprint density at radius 3 is 2.24 bits per heavy atom. The second kappa shape index (κ2) is 19.7. The van der Waals surface area contributed by atoms with Crippen molar-refractivity contribution in [3.05, 3.63) is 52.0 Å². The average molecular weight is 772 g/mol. The van der Waals surface area contributed by atoms with Crippen molar-refractivity contribution in [3.8, 4) is 0 Å². The van der Waals surface area contributed by atoms with E-state index in [1.807, 2.05) is 70.3 Å². The van der Waals surface area contributed by atoms with E-state index in [2.05, 4.69) is 50.7 Å². The van der Waals surface area contributed by atoms with Crippen molar-refractivity contribution in [2.45, 2.75) is 125 Å². The molecule has 302 valence electrons. The van der Waals surface area contributed by atoms with Crippen LogP contribution >= 0.6 is 11.3 Å². The van der Waals surface area contributed by atoms with E-state index in [0.29, 0.717) is 51.4 Å². The lowest BCUT2D eigenvalue weighted by atomic mass is 9.86. The van der Waals surface area contributed by atoms with Gasteiger partial charge < -0.3 is 30.3 Å². The fourth-order valence-electron chi connectivity index (χ4n) is 6.30. The first-order valence-electron chi connectivity index (χ1n) is 19.2. The van der Waals surface area contributed by atoms with E-state index in [4.69, 9.17) is 9.72 Å². The summed E-state index contributed by atoms with van der Waals surface area (Å²) in [7, 11) is 1.24. The predicted molar refractivity (Wildman–Crippen MR) is 213 cm³/mol. The number of alkyl carbamates (subject to hydrolysis) is 1. The Hall–Kier alpha value is -3.75. The first-order chi connectivity index (χ1) is 25.2. The zero-order valence-corrected chi connectivity index (χ0v) is 35.1. The second-order valence-electron chi connectivity index (χ2n) is 17.1. The topological polar surface area (TPSA) is 156 Å². The van der Waals surface area contributed by atoms with Gasteiger partial charge >= 0.3 is 12.1 Å². The Morgan fingerprint density at radius 1 is 1.02 bits per heavy atom. The number of carbonyl (C=O) groups is 4. The number of hydrogen-bond acceptors (Lipinski definition) is 9. The number of urea groups is 1. The fourth-order valence-corrected chi connectivity index (χ4v) is 7.13. The summed E-state index contributed by atoms with van der Waals surface area (Å²) in [5, 5.41) is 22.4. The van der Waals surface area contributed by atoms with E-state index < -0.39 is 41.6 Å². The van der Waals surface area contributed by atoms with Gasteiger partial charge in [0, 0.05) is 37.5 Å². The molecule has 0 aliphatic carbocycles.